The monoisotopic (exact) mass is 190 g/mol. The van der Waals surface area contributed by atoms with Crippen LogP contribution in [0.2, 0.25) is 0 Å². The number of fused-ring (bicyclic) bond motifs is 1. The van der Waals surface area contributed by atoms with Crippen LogP contribution in [0, 0.1) is 12.3 Å². The molecular weight excluding hydrogens is 180 g/mol. The predicted octanol–water partition coefficient (Wildman–Crippen LogP) is 2.37. The van der Waals surface area contributed by atoms with Gasteiger partial charge in [0.1, 0.15) is 0 Å². The molecule has 0 radical (unpaired) electrons. The molecule has 0 saturated carbocycles. The summed E-state index contributed by atoms with van der Waals surface area (Å²) in [6.07, 6.45) is 8.26. The molecule has 2 rings (SSSR count). The van der Waals surface area contributed by atoms with E-state index in [0.29, 0.717) is 0 Å². The molecule has 1 aromatic rings. The molecule has 2 heteroatoms. The van der Waals surface area contributed by atoms with Gasteiger partial charge in [0.2, 0.25) is 5.78 Å². The van der Waals surface area contributed by atoms with E-state index < -0.39 is 0 Å². The molecule has 1 heterocycles. The van der Waals surface area contributed by atoms with Crippen LogP contribution in [0.5, 0.6) is 0 Å². The van der Waals surface area contributed by atoms with Crippen molar-refractivity contribution >= 4 is 17.1 Å². The van der Waals surface area contributed by atoms with Gasteiger partial charge in [0, 0.05) is 4.88 Å². The maximum atomic E-state index is 11.4. The zero-order valence-electron chi connectivity index (χ0n) is 7.25. The van der Waals surface area contributed by atoms with Gasteiger partial charge in [-0.2, -0.15) is 0 Å². The number of aryl methyl sites for hydroxylation is 1. The molecule has 0 amide bonds. The smallest absolute Gasteiger partial charge is 0.212 e. The zero-order chi connectivity index (χ0) is 9.26. The predicted molar refractivity (Wildman–Crippen MR) is 53.8 cm³/mol. The first-order valence-electron chi connectivity index (χ1n) is 4.39. The SMILES string of the molecule is C#CC(=O)C1CCCc2sccc21. The molecule has 1 unspecified atom stereocenters. The lowest BCUT2D eigenvalue weighted by Gasteiger charge is -2.18. The summed E-state index contributed by atoms with van der Waals surface area (Å²) >= 11 is 1.74. The molecule has 1 aliphatic rings. The Labute approximate surface area is 81.8 Å². The van der Waals surface area contributed by atoms with Crippen LogP contribution in [0.25, 0.3) is 0 Å². The van der Waals surface area contributed by atoms with Gasteiger partial charge in [-0.15, -0.1) is 17.8 Å². The molecular formula is C11H10OS. The molecule has 0 fully saturated rings. The number of hydrogen-bond acceptors (Lipinski definition) is 2. The van der Waals surface area contributed by atoms with Gasteiger partial charge in [-0.25, -0.2) is 0 Å². The number of carbonyl (C=O) groups is 1. The molecule has 0 saturated heterocycles. The van der Waals surface area contributed by atoms with Crippen molar-refractivity contribution in [1.29, 1.82) is 0 Å². The third-order valence-corrected chi connectivity index (χ3v) is 3.51. The van der Waals surface area contributed by atoms with Crippen molar-refractivity contribution in [3.63, 3.8) is 0 Å². The summed E-state index contributed by atoms with van der Waals surface area (Å²) in [5.41, 5.74) is 1.18. The lowest BCUT2D eigenvalue weighted by atomic mass is 9.85. The van der Waals surface area contributed by atoms with Crippen molar-refractivity contribution in [1.82, 2.24) is 0 Å². The molecule has 0 bridgehead atoms. The van der Waals surface area contributed by atoms with E-state index in [1.165, 1.54) is 10.4 Å². The summed E-state index contributed by atoms with van der Waals surface area (Å²) < 4.78 is 0. The number of terminal acetylenes is 1. The number of rotatable bonds is 1. The van der Waals surface area contributed by atoms with Crippen LogP contribution in [-0.4, -0.2) is 5.78 Å². The Balaban J connectivity index is 2.36. The van der Waals surface area contributed by atoms with Crippen molar-refractivity contribution in [2.24, 2.45) is 0 Å². The highest BCUT2D eigenvalue weighted by molar-refractivity contribution is 7.10. The molecule has 1 aromatic heterocycles. The Morgan fingerprint density at radius 3 is 3.31 bits per heavy atom. The third kappa shape index (κ3) is 1.40. The lowest BCUT2D eigenvalue weighted by Crippen LogP contribution is -2.15. The van der Waals surface area contributed by atoms with Crippen LogP contribution in [0.3, 0.4) is 0 Å². The quantitative estimate of drug-likeness (QED) is 0.491. The van der Waals surface area contributed by atoms with E-state index in [0.717, 1.165) is 19.3 Å². The molecule has 1 atom stereocenters. The van der Waals surface area contributed by atoms with Gasteiger partial charge in [0.25, 0.3) is 0 Å². The van der Waals surface area contributed by atoms with Crippen LogP contribution in [0.4, 0.5) is 0 Å². The van der Waals surface area contributed by atoms with E-state index in [1.807, 2.05) is 11.4 Å². The molecule has 1 nitrogen and oxygen atoms in total. The van der Waals surface area contributed by atoms with Crippen LogP contribution in [-0.2, 0) is 11.2 Å². The van der Waals surface area contributed by atoms with Crippen LogP contribution in [0.1, 0.15) is 29.2 Å². The molecule has 0 spiro atoms. The summed E-state index contributed by atoms with van der Waals surface area (Å²) in [5.74, 6) is 2.16. The van der Waals surface area contributed by atoms with E-state index in [4.69, 9.17) is 6.42 Å². The molecule has 1 aliphatic carbocycles. The van der Waals surface area contributed by atoms with Crippen molar-refractivity contribution in [3.8, 4) is 12.3 Å². The molecule has 13 heavy (non-hydrogen) atoms. The Bertz CT molecular complexity index is 370. The summed E-state index contributed by atoms with van der Waals surface area (Å²) in [7, 11) is 0. The molecule has 0 aromatic carbocycles. The summed E-state index contributed by atoms with van der Waals surface area (Å²) in [6.45, 7) is 0. The van der Waals surface area contributed by atoms with Gasteiger partial charge < -0.3 is 0 Å². The topological polar surface area (TPSA) is 17.1 Å². The summed E-state index contributed by atoms with van der Waals surface area (Å²) in [5, 5.41) is 2.05. The van der Waals surface area contributed by atoms with E-state index >= 15 is 0 Å². The van der Waals surface area contributed by atoms with Gasteiger partial charge >= 0.3 is 0 Å². The maximum Gasteiger partial charge on any atom is 0.212 e. The molecule has 66 valence electrons. The van der Waals surface area contributed by atoms with Gasteiger partial charge in [0.05, 0.1) is 5.92 Å². The Morgan fingerprint density at radius 2 is 2.54 bits per heavy atom. The van der Waals surface area contributed by atoms with Crippen molar-refractivity contribution in [2.75, 3.05) is 0 Å². The van der Waals surface area contributed by atoms with E-state index in [1.54, 1.807) is 11.3 Å². The van der Waals surface area contributed by atoms with Crippen LogP contribution in [0.15, 0.2) is 11.4 Å². The second-order valence-electron chi connectivity index (χ2n) is 3.25. The minimum atomic E-state index is -0.0562. The zero-order valence-corrected chi connectivity index (χ0v) is 8.06. The third-order valence-electron chi connectivity index (χ3n) is 2.51. The van der Waals surface area contributed by atoms with Gasteiger partial charge in [0.15, 0.2) is 0 Å². The van der Waals surface area contributed by atoms with E-state index in [9.17, 15) is 4.79 Å². The van der Waals surface area contributed by atoms with Crippen molar-refractivity contribution < 1.29 is 4.79 Å². The van der Waals surface area contributed by atoms with Crippen molar-refractivity contribution in [3.05, 3.63) is 21.9 Å². The van der Waals surface area contributed by atoms with Crippen LogP contribution >= 0.6 is 11.3 Å². The highest BCUT2D eigenvalue weighted by atomic mass is 32.1. The number of carbonyl (C=O) groups excluding carboxylic acids is 1. The lowest BCUT2D eigenvalue weighted by molar-refractivity contribution is -0.115. The standard InChI is InChI=1S/C11H10OS/c1-2-10(12)8-4-3-5-11-9(8)6-7-13-11/h1,6-8H,3-5H2. The summed E-state index contributed by atoms with van der Waals surface area (Å²) in [4.78, 5) is 12.7. The average Bonchev–Trinajstić information content (AvgIpc) is 2.63. The highest BCUT2D eigenvalue weighted by Gasteiger charge is 2.25. The Morgan fingerprint density at radius 1 is 1.69 bits per heavy atom. The first-order chi connectivity index (χ1) is 6.33. The minimum Gasteiger partial charge on any atom is -0.284 e. The minimum absolute atomic E-state index is 0.0139. The molecule has 0 aliphatic heterocycles. The van der Waals surface area contributed by atoms with E-state index in [-0.39, 0.29) is 11.7 Å². The Kier molecular flexibility index (Phi) is 2.20. The van der Waals surface area contributed by atoms with Crippen LogP contribution < -0.4 is 0 Å². The maximum absolute atomic E-state index is 11.4. The largest absolute Gasteiger partial charge is 0.284 e. The number of thiophene rings is 1. The average molecular weight is 190 g/mol. The second-order valence-corrected chi connectivity index (χ2v) is 4.25. The van der Waals surface area contributed by atoms with Gasteiger partial charge in [-0.3, -0.25) is 4.79 Å². The van der Waals surface area contributed by atoms with E-state index in [2.05, 4.69) is 5.92 Å². The van der Waals surface area contributed by atoms with Crippen molar-refractivity contribution in [2.45, 2.75) is 25.2 Å². The summed E-state index contributed by atoms with van der Waals surface area (Å²) in [6, 6.07) is 2.04. The number of ketones is 1. The molecule has 0 N–H and O–H groups in total. The fourth-order valence-corrected chi connectivity index (χ4v) is 2.85. The normalized spacial score (nSPS) is 20.4. The Hall–Kier alpha value is -1.07. The highest BCUT2D eigenvalue weighted by Crippen LogP contribution is 2.35. The van der Waals surface area contributed by atoms with Gasteiger partial charge in [-0.1, -0.05) is 0 Å². The second kappa shape index (κ2) is 3.35. The fourth-order valence-electron chi connectivity index (χ4n) is 1.86. The first kappa shape index (κ1) is 8.52. The number of Topliss-reactive ketones (excluding diaryl/α,β-unsaturated/α-hetero) is 1. The fraction of sp³-hybridized carbons (Fsp3) is 0.364. The van der Waals surface area contributed by atoms with Gasteiger partial charge in [-0.05, 0) is 42.2 Å². The first-order valence-corrected chi connectivity index (χ1v) is 5.27. The number of hydrogen-bond donors (Lipinski definition) is 0.